The molecular weight excluding hydrogens is 288 g/mol. The average Bonchev–Trinajstić information content (AvgIpc) is 2.95. The second-order valence-electron chi connectivity index (χ2n) is 5.75. The SMILES string of the molecule is CCNC(=NCc1nncn1C)NCC(C)c1ccc(C)cc1. The van der Waals surface area contributed by atoms with Crippen molar-refractivity contribution in [2.45, 2.75) is 33.2 Å². The second kappa shape index (κ2) is 8.31. The van der Waals surface area contributed by atoms with Gasteiger partial charge in [-0.25, -0.2) is 4.99 Å². The van der Waals surface area contributed by atoms with Crippen molar-refractivity contribution >= 4 is 5.96 Å². The standard InChI is InChI=1S/C17H26N6/c1-5-18-17(20-11-16-22-21-12-23(16)4)19-10-14(3)15-8-6-13(2)7-9-15/h6-9,12,14H,5,10-11H2,1-4H3,(H2,18,19,20). The van der Waals surface area contributed by atoms with Crippen LogP contribution in [-0.4, -0.2) is 33.8 Å². The Balaban J connectivity index is 1.93. The summed E-state index contributed by atoms with van der Waals surface area (Å²) in [6, 6.07) is 8.68. The van der Waals surface area contributed by atoms with Gasteiger partial charge in [-0.2, -0.15) is 0 Å². The first-order chi connectivity index (χ1) is 11.1. The van der Waals surface area contributed by atoms with Gasteiger partial charge in [-0.05, 0) is 25.3 Å². The van der Waals surface area contributed by atoms with Crippen LogP contribution in [0.5, 0.6) is 0 Å². The van der Waals surface area contributed by atoms with Crippen molar-refractivity contribution in [3.8, 4) is 0 Å². The Labute approximate surface area is 138 Å². The Kier molecular flexibility index (Phi) is 6.14. The third kappa shape index (κ3) is 5.09. The fourth-order valence-corrected chi connectivity index (χ4v) is 2.20. The number of nitrogens with one attached hydrogen (secondary N) is 2. The maximum absolute atomic E-state index is 4.57. The van der Waals surface area contributed by atoms with Crippen LogP contribution >= 0.6 is 0 Å². The van der Waals surface area contributed by atoms with Gasteiger partial charge in [0.05, 0.1) is 0 Å². The molecule has 0 spiro atoms. The summed E-state index contributed by atoms with van der Waals surface area (Å²) in [5.41, 5.74) is 2.61. The molecule has 1 heterocycles. The largest absolute Gasteiger partial charge is 0.357 e. The van der Waals surface area contributed by atoms with Crippen LogP contribution in [0, 0.1) is 6.92 Å². The summed E-state index contributed by atoms with van der Waals surface area (Å²) >= 11 is 0. The highest BCUT2D eigenvalue weighted by Crippen LogP contribution is 2.14. The molecule has 2 aromatic rings. The normalized spacial score (nSPS) is 13.0. The van der Waals surface area contributed by atoms with Gasteiger partial charge in [0.1, 0.15) is 12.9 Å². The number of aryl methyl sites for hydroxylation is 2. The summed E-state index contributed by atoms with van der Waals surface area (Å²) in [6.45, 7) is 8.53. The highest BCUT2D eigenvalue weighted by atomic mass is 15.3. The molecule has 2 rings (SSSR count). The number of rotatable bonds is 6. The molecule has 1 aromatic heterocycles. The van der Waals surface area contributed by atoms with E-state index in [9.17, 15) is 0 Å². The third-order valence-corrected chi connectivity index (χ3v) is 3.75. The van der Waals surface area contributed by atoms with E-state index >= 15 is 0 Å². The molecule has 2 N–H and O–H groups in total. The number of hydrogen-bond acceptors (Lipinski definition) is 3. The van der Waals surface area contributed by atoms with Crippen molar-refractivity contribution in [3.63, 3.8) is 0 Å². The van der Waals surface area contributed by atoms with Crippen molar-refractivity contribution in [1.29, 1.82) is 0 Å². The van der Waals surface area contributed by atoms with Gasteiger partial charge in [0, 0.05) is 20.1 Å². The van der Waals surface area contributed by atoms with Crippen LogP contribution in [0.2, 0.25) is 0 Å². The maximum Gasteiger partial charge on any atom is 0.191 e. The highest BCUT2D eigenvalue weighted by molar-refractivity contribution is 5.79. The molecule has 0 aliphatic rings. The van der Waals surface area contributed by atoms with Gasteiger partial charge in [0.2, 0.25) is 0 Å². The van der Waals surface area contributed by atoms with E-state index in [0.29, 0.717) is 12.5 Å². The predicted molar refractivity (Wildman–Crippen MR) is 93.4 cm³/mol. The molecule has 0 saturated carbocycles. The molecule has 1 aromatic carbocycles. The second-order valence-corrected chi connectivity index (χ2v) is 5.75. The first kappa shape index (κ1) is 17.0. The zero-order chi connectivity index (χ0) is 16.7. The molecule has 6 heteroatoms. The molecule has 0 saturated heterocycles. The number of benzene rings is 1. The lowest BCUT2D eigenvalue weighted by molar-refractivity contribution is 0.695. The Bertz CT molecular complexity index is 629. The lowest BCUT2D eigenvalue weighted by Gasteiger charge is -2.16. The Morgan fingerprint density at radius 2 is 2.00 bits per heavy atom. The lowest BCUT2D eigenvalue weighted by Crippen LogP contribution is -2.39. The summed E-state index contributed by atoms with van der Waals surface area (Å²) < 4.78 is 1.88. The topological polar surface area (TPSA) is 67.1 Å². The molecule has 0 aliphatic carbocycles. The van der Waals surface area contributed by atoms with Crippen LogP contribution in [0.1, 0.15) is 36.7 Å². The van der Waals surface area contributed by atoms with Crippen LogP contribution < -0.4 is 10.6 Å². The van der Waals surface area contributed by atoms with E-state index in [0.717, 1.165) is 24.9 Å². The van der Waals surface area contributed by atoms with E-state index in [2.05, 4.69) is 70.9 Å². The van der Waals surface area contributed by atoms with Crippen molar-refractivity contribution < 1.29 is 0 Å². The summed E-state index contributed by atoms with van der Waals surface area (Å²) in [6.07, 6.45) is 1.69. The Hall–Kier alpha value is -2.37. The predicted octanol–water partition coefficient (Wildman–Crippen LogP) is 1.98. The maximum atomic E-state index is 4.57. The van der Waals surface area contributed by atoms with Gasteiger partial charge >= 0.3 is 0 Å². The number of hydrogen-bond donors (Lipinski definition) is 2. The smallest absolute Gasteiger partial charge is 0.191 e. The van der Waals surface area contributed by atoms with E-state index in [1.165, 1.54) is 11.1 Å². The lowest BCUT2D eigenvalue weighted by atomic mass is 10.0. The summed E-state index contributed by atoms with van der Waals surface area (Å²) in [5.74, 6) is 2.05. The van der Waals surface area contributed by atoms with E-state index < -0.39 is 0 Å². The van der Waals surface area contributed by atoms with Crippen LogP contribution in [0.4, 0.5) is 0 Å². The summed E-state index contributed by atoms with van der Waals surface area (Å²) in [4.78, 5) is 4.57. The monoisotopic (exact) mass is 314 g/mol. The molecule has 23 heavy (non-hydrogen) atoms. The van der Waals surface area contributed by atoms with Gasteiger partial charge in [-0.15, -0.1) is 10.2 Å². The molecule has 6 nitrogen and oxygen atoms in total. The van der Waals surface area contributed by atoms with E-state index in [4.69, 9.17) is 0 Å². The summed E-state index contributed by atoms with van der Waals surface area (Å²) in [7, 11) is 1.92. The van der Waals surface area contributed by atoms with Crippen molar-refractivity contribution in [1.82, 2.24) is 25.4 Å². The van der Waals surface area contributed by atoms with Gasteiger partial charge in [-0.1, -0.05) is 36.8 Å². The third-order valence-electron chi connectivity index (χ3n) is 3.75. The average molecular weight is 314 g/mol. The van der Waals surface area contributed by atoms with Crippen molar-refractivity contribution in [2.24, 2.45) is 12.0 Å². The Morgan fingerprint density at radius 3 is 2.61 bits per heavy atom. The van der Waals surface area contributed by atoms with Gasteiger partial charge in [0.15, 0.2) is 11.8 Å². The molecule has 1 unspecified atom stereocenters. The Morgan fingerprint density at radius 1 is 1.26 bits per heavy atom. The van der Waals surface area contributed by atoms with Crippen LogP contribution in [0.25, 0.3) is 0 Å². The van der Waals surface area contributed by atoms with Gasteiger partial charge < -0.3 is 15.2 Å². The first-order valence-corrected chi connectivity index (χ1v) is 8.01. The molecule has 0 fully saturated rings. The minimum absolute atomic E-state index is 0.411. The molecule has 0 bridgehead atoms. The minimum atomic E-state index is 0.411. The number of guanidine groups is 1. The zero-order valence-corrected chi connectivity index (χ0v) is 14.4. The van der Waals surface area contributed by atoms with Crippen molar-refractivity contribution in [3.05, 3.63) is 47.5 Å². The highest BCUT2D eigenvalue weighted by Gasteiger charge is 2.07. The van der Waals surface area contributed by atoms with Crippen LogP contribution in [0.3, 0.4) is 0 Å². The van der Waals surface area contributed by atoms with E-state index in [-0.39, 0.29) is 0 Å². The quantitative estimate of drug-likeness (QED) is 0.632. The molecular formula is C17H26N6. The van der Waals surface area contributed by atoms with Gasteiger partial charge in [0.25, 0.3) is 0 Å². The molecule has 0 aliphatic heterocycles. The fraction of sp³-hybridized carbons (Fsp3) is 0.471. The number of aliphatic imine (C=N–C) groups is 1. The van der Waals surface area contributed by atoms with Crippen LogP contribution in [0.15, 0.2) is 35.6 Å². The summed E-state index contributed by atoms with van der Waals surface area (Å²) in [5, 5.41) is 14.6. The molecule has 1 atom stereocenters. The minimum Gasteiger partial charge on any atom is -0.357 e. The molecule has 0 amide bonds. The molecule has 124 valence electrons. The first-order valence-electron chi connectivity index (χ1n) is 8.01. The van der Waals surface area contributed by atoms with E-state index in [1.807, 2.05) is 11.6 Å². The van der Waals surface area contributed by atoms with Crippen LogP contribution in [-0.2, 0) is 13.6 Å². The zero-order valence-electron chi connectivity index (χ0n) is 14.4. The number of aromatic nitrogens is 3. The van der Waals surface area contributed by atoms with Crippen molar-refractivity contribution in [2.75, 3.05) is 13.1 Å². The van der Waals surface area contributed by atoms with Gasteiger partial charge in [-0.3, -0.25) is 0 Å². The fourth-order valence-electron chi connectivity index (χ4n) is 2.20. The van der Waals surface area contributed by atoms with E-state index in [1.54, 1.807) is 6.33 Å². The molecule has 0 radical (unpaired) electrons. The number of nitrogens with zero attached hydrogens (tertiary/aromatic N) is 4.